The standard InChI is InChI=1S/C25H34N4O3/c1-3-5-7-11-23(30)28-21-9-8-10-22(17-21)29-24(31)18-27-20-14-12-19(13-15-20)25(32)26-16-6-4-2/h8-10,12-15,17,27H,3-7,11,16,18H2,1-2H3,(H,26,32)(H,28,30)(H,29,31). The molecule has 0 fully saturated rings. The van der Waals surface area contributed by atoms with E-state index in [1.54, 1.807) is 48.5 Å². The summed E-state index contributed by atoms with van der Waals surface area (Å²) in [4.78, 5) is 36.3. The molecule has 0 radical (unpaired) electrons. The van der Waals surface area contributed by atoms with Crippen molar-refractivity contribution in [1.29, 1.82) is 0 Å². The normalized spacial score (nSPS) is 10.3. The number of carbonyl (C=O) groups is 3. The fourth-order valence-corrected chi connectivity index (χ4v) is 3.04. The Morgan fingerprint density at radius 1 is 0.750 bits per heavy atom. The maximum Gasteiger partial charge on any atom is 0.251 e. The van der Waals surface area contributed by atoms with Crippen molar-refractivity contribution in [3.05, 3.63) is 54.1 Å². The maximum absolute atomic E-state index is 12.3. The van der Waals surface area contributed by atoms with Crippen LogP contribution in [0.5, 0.6) is 0 Å². The fraction of sp³-hybridized carbons (Fsp3) is 0.400. The van der Waals surface area contributed by atoms with Crippen LogP contribution in [0.2, 0.25) is 0 Å². The summed E-state index contributed by atoms with van der Waals surface area (Å²) in [5, 5.41) is 11.6. The number of hydrogen-bond donors (Lipinski definition) is 4. The third kappa shape index (κ3) is 9.20. The van der Waals surface area contributed by atoms with E-state index in [4.69, 9.17) is 0 Å². The van der Waals surface area contributed by atoms with E-state index >= 15 is 0 Å². The second-order valence-corrected chi connectivity index (χ2v) is 7.67. The zero-order valence-electron chi connectivity index (χ0n) is 19.0. The van der Waals surface area contributed by atoms with Crippen LogP contribution in [-0.2, 0) is 9.59 Å². The molecule has 2 aromatic rings. The Labute approximate surface area is 190 Å². The smallest absolute Gasteiger partial charge is 0.251 e. The van der Waals surface area contributed by atoms with Gasteiger partial charge < -0.3 is 21.3 Å². The lowest BCUT2D eigenvalue weighted by Crippen LogP contribution is -2.24. The first-order valence-electron chi connectivity index (χ1n) is 11.3. The van der Waals surface area contributed by atoms with Gasteiger partial charge >= 0.3 is 0 Å². The molecule has 0 aliphatic carbocycles. The van der Waals surface area contributed by atoms with Crippen LogP contribution in [-0.4, -0.2) is 30.8 Å². The van der Waals surface area contributed by atoms with Crippen molar-refractivity contribution in [3.63, 3.8) is 0 Å². The molecule has 0 unspecified atom stereocenters. The molecule has 0 heterocycles. The maximum atomic E-state index is 12.3. The van der Waals surface area contributed by atoms with Gasteiger partial charge in [-0.15, -0.1) is 0 Å². The summed E-state index contributed by atoms with van der Waals surface area (Å²) in [6, 6.07) is 14.1. The van der Waals surface area contributed by atoms with Crippen molar-refractivity contribution in [2.24, 2.45) is 0 Å². The number of rotatable bonds is 13. The third-order valence-corrected chi connectivity index (χ3v) is 4.85. The Morgan fingerprint density at radius 3 is 2.06 bits per heavy atom. The third-order valence-electron chi connectivity index (χ3n) is 4.85. The number of nitrogens with one attached hydrogen (secondary N) is 4. The number of amides is 3. The van der Waals surface area contributed by atoms with Crippen LogP contribution in [0.4, 0.5) is 17.1 Å². The van der Waals surface area contributed by atoms with E-state index in [0.29, 0.717) is 29.9 Å². The minimum absolute atomic E-state index is 0.0221. The highest BCUT2D eigenvalue weighted by Gasteiger charge is 2.07. The van der Waals surface area contributed by atoms with Crippen molar-refractivity contribution in [1.82, 2.24) is 5.32 Å². The molecule has 2 aromatic carbocycles. The van der Waals surface area contributed by atoms with Gasteiger partial charge in [-0.05, 0) is 55.3 Å². The van der Waals surface area contributed by atoms with Crippen molar-refractivity contribution < 1.29 is 14.4 Å². The average Bonchev–Trinajstić information content (AvgIpc) is 2.78. The van der Waals surface area contributed by atoms with E-state index in [2.05, 4.69) is 35.1 Å². The number of benzene rings is 2. The van der Waals surface area contributed by atoms with Crippen molar-refractivity contribution in [2.75, 3.05) is 29.0 Å². The van der Waals surface area contributed by atoms with Gasteiger partial charge in [0.1, 0.15) is 0 Å². The largest absolute Gasteiger partial charge is 0.376 e. The van der Waals surface area contributed by atoms with Gasteiger partial charge in [0, 0.05) is 35.6 Å². The summed E-state index contributed by atoms with van der Waals surface area (Å²) in [7, 11) is 0. The molecule has 32 heavy (non-hydrogen) atoms. The van der Waals surface area contributed by atoms with Gasteiger partial charge in [-0.1, -0.05) is 39.2 Å². The van der Waals surface area contributed by atoms with Crippen LogP contribution in [0.3, 0.4) is 0 Å². The summed E-state index contributed by atoms with van der Waals surface area (Å²) >= 11 is 0. The number of anilines is 3. The predicted molar refractivity (Wildman–Crippen MR) is 130 cm³/mol. The Balaban J connectivity index is 1.79. The van der Waals surface area contributed by atoms with E-state index < -0.39 is 0 Å². The molecular weight excluding hydrogens is 404 g/mol. The molecule has 0 saturated heterocycles. The Morgan fingerprint density at radius 2 is 1.41 bits per heavy atom. The predicted octanol–water partition coefficient (Wildman–Crippen LogP) is 4.79. The molecule has 3 amide bonds. The van der Waals surface area contributed by atoms with Crippen molar-refractivity contribution >= 4 is 34.8 Å². The van der Waals surface area contributed by atoms with E-state index in [0.717, 1.165) is 37.8 Å². The number of hydrogen-bond acceptors (Lipinski definition) is 4. The average molecular weight is 439 g/mol. The summed E-state index contributed by atoms with van der Waals surface area (Å²) < 4.78 is 0. The van der Waals surface area contributed by atoms with Crippen molar-refractivity contribution in [3.8, 4) is 0 Å². The number of unbranched alkanes of at least 4 members (excludes halogenated alkanes) is 3. The monoisotopic (exact) mass is 438 g/mol. The summed E-state index contributed by atoms with van der Waals surface area (Å²) in [6.45, 7) is 4.92. The zero-order chi connectivity index (χ0) is 23.2. The van der Waals surface area contributed by atoms with E-state index in [9.17, 15) is 14.4 Å². The summed E-state index contributed by atoms with van der Waals surface area (Å²) in [6.07, 6.45) is 5.45. The Hall–Kier alpha value is -3.35. The van der Waals surface area contributed by atoms with Gasteiger partial charge in [0.25, 0.3) is 5.91 Å². The first kappa shape index (κ1) is 24.9. The molecule has 7 nitrogen and oxygen atoms in total. The zero-order valence-corrected chi connectivity index (χ0v) is 19.0. The van der Waals surface area contributed by atoms with E-state index in [-0.39, 0.29) is 24.3 Å². The second-order valence-electron chi connectivity index (χ2n) is 7.67. The molecule has 0 aromatic heterocycles. The van der Waals surface area contributed by atoms with Crippen LogP contribution >= 0.6 is 0 Å². The van der Waals surface area contributed by atoms with Gasteiger partial charge in [0.2, 0.25) is 11.8 Å². The summed E-state index contributed by atoms with van der Waals surface area (Å²) in [5.74, 6) is -0.330. The molecule has 0 aliphatic heterocycles. The minimum Gasteiger partial charge on any atom is -0.376 e. The van der Waals surface area contributed by atoms with Gasteiger partial charge in [0.15, 0.2) is 0 Å². The van der Waals surface area contributed by atoms with Crippen LogP contribution in [0.1, 0.15) is 62.7 Å². The molecule has 7 heteroatoms. The topological polar surface area (TPSA) is 99.3 Å². The lowest BCUT2D eigenvalue weighted by molar-refractivity contribution is -0.116. The fourth-order valence-electron chi connectivity index (χ4n) is 3.04. The van der Waals surface area contributed by atoms with Crippen LogP contribution < -0.4 is 21.3 Å². The molecule has 2 rings (SSSR count). The lowest BCUT2D eigenvalue weighted by Gasteiger charge is -2.10. The SMILES string of the molecule is CCCCCC(=O)Nc1cccc(NC(=O)CNc2ccc(C(=O)NCCCC)cc2)c1. The molecule has 0 aliphatic rings. The van der Waals surface area contributed by atoms with Crippen molar-refractivity contribution in [2.45, 2.75) is 52.4 Å². The molecule has 0 atom stereocenters. The van der Waals surface area contributed by atoms with Crippen LogP contribution in [0, 0.1) is 0 Å². The van der Waals surface area contributed by atoms with Crippen LogP contribution in [0.15, 0.2) is 48.5 Å². The molecule has 0 spiro atoms. The summed E-state index contributed by atoms with van der Waals surface area (Å²) in [5.41, 5.74) is 2.61. The van der Waals surface area contributed by atoms with Gasteiger partial charge in [0.05, 0.1) is 6.54 Å². The lowest BCUT2D eigenvalue weighted by atomic mass is 10.2. The quantitative estimate of drug-likeness (QED) is 0.338. The highest BCUT2D eigenvalue weighted by atomic mass is 16.2. The Kier molecular flexibility index (Phi) is 10.8. The first-order valence-corrected chi connectivity index (χ1v) is 11.3. The molecular formula is C25H34N4O3. The van der Waals surface area contributed by atoms with Gasteiger partial charge in [-0.25, -0.2) is 0 Å². The molecule has 172 valence electrons. The van der Waals surface area contributed by atoms with Crippen LogP contribution in [0.25, 0.3) is 0 Å². The minimum atomic E-state index is -0.210. The second kappa shape index (κ2) is 13.9. The molecule has 0 bridgehead atoms. The van der Waals surface area contributed by atoms with Gasteiger partial charge in [-0.2, -0.15) is 0 Å². The highest BCUT2D eigenvalue weighted by Crippen LogP contribution is 2.16. The molecule has 0 saturated carbocycles. The Bertz CT molecular complexity index is 881. The van der Waals surface area contributed by atoms with E-state index in [1.807, 2.05) is 0 Å². The molecule has 4 N–H and O–H groups in total. The first-order chi connectivity index (χ1) is 15.5. The number of carbonyl (C=O) groups excluding carboxylic acids is 3. The van der Waals surface area contributed by atoms with E-state index in [1.165, 1.54) is 0 Å². The highest BCUT2D eigenvalue weighted by molar-refractivity contribution is 5.96. The van der Waals surface area contributed by atoms with Gasteiger partial charge in [-0.3, -0.25) is 14.4 Å².